The fourth-order valence-electron chi connectivity index (χ4n) is 2.29. The zero-order valence-corrected chi connectivity index (χ0v) is 16.4. The van der Waals surface area contributed by atoms with Gasteiger partial charge in [0.2, 0.25) is 0 Å². The third kappa shape index (κ3) is 4.64. The smallest absolute Gasteiger partial charge is 0.347 e. The molecule has 0 N–H and O–H groups in total. The average molecular weight is 429 g/mol. The van der Waals surface area contributed by atoms with Gasteiger partial charge < -0.3 is 14.2 Å². The Morgan fingerprint density at radius 3 is 2.48 bits per heavy atom. The number of thioether (sulfide) groups is 1. The summed E-state index contributed by atoms with van der Waals surface area (Å²) in [6.45, 7) is 1.54. The van der Waals surface area contributed by atoms with Gasteiger partial charge in [-0.15, -0.1) is 11.8 Å². The van der Waals surface area contributed by atoms with E-state index < -0.39 is 23.5 Å². The number of halogens is 1. The lowest BCUT2D eigenvalue weighted by molar-refractivity contribution is -0.162. The maximum Gasteiger partial charge on any atom is 0.347 e. The quantitative estimate of drug-likeness (QED) is 0.404. The maximum absolute atomic E-state index is 12.2. The molecular formula is C17H17BrO6S. The monoisotopic (exact) mass is 428 g/mol. The van der Waals surface area contributed by atoms with E-state index in [4.69, 9.17) is 9.47 Å². The molecule has 0 radical (unpaired) electrons. The summed E-state index contributed by atoms with van der Waals surface area (Å²) in [4.78, 5) is 36.6. The topological polar surface area (TPSA) is 78.9 Å². The maximum atomic E-state index is 12.2. The van der Waals surface area contributed by atoms with E-state index in [1.165, 1.54) is 18.9 Å². The highest BCUT2D eigenvalue weighted by molar-refractivity contribution is 9.10. The van der Waals surface area contributed by atoms with Crippen molar-refractivity contribution in [3.05, 3.63) is 44.8 Å². The molecule has 0 amide bonds. The van der Waals surface area contributed by atoms with Gasteiger partial charge in [0, 0.05) is 15.8 Å². The molecule has 2 rings (SSSR count). The second kappa shape index (κ2) is 8.05. The van der Waals surface area contributed by atoms with Gasteiger partial charge >= 0.3 is 17.9 Å². The van der Waals surface area contributed by atoms with E-state index >= 15 is 0 Å². The first-order valence-electron chi connectivity index (χ1n) is 7.31. The fourth-order valence-corrected chi connectivity index (χ4v) is 3.38. The first kappa shape index (κ1) is 19.5. The first-order chi connectivity index (χ1) is 11.8. The number of methoxy groups -OCH3 is 1. The number of carbonyl (C=O) groups is 3. The van der Waals surface area contributed by atoms with Crippen LogP contribution in [0.1, 0.15) is 23.7 Å². The number of ether oxygens (including phenoxy) is 3. The molecule has 0 aliphatic carbocycles. The van der Waals surface area contributed by atoms with Gasteiger partial charge in [-0.05, 0) is 37.4 Å². The molecule has 8 heteroatoms. The molecule has 0 aromatic heterocycles. The van der Waals surface area contributed by atoms with Gasteiger partial charge in [-0.25, -0.2) is 14.4 Å². The predicted octanol–water partition coefficient (Wildman–Crippen LogP) is 3.10. The van der Waals surface area contributed by atoms with E-state index in [2.05, 4.69) is 20.7 Å². The minimum Gasteiger partial charge on any atom is -0.465 e. The van der Waals surface area contributed by atoms with Gasteiger partial charge in [-0.1, -0.05) is 15.9 Å². The number of benzene rings is 1. The van der Waals surface area contributed by atoms with E-state index in [1.54, 1.807) is 37.4 Å². The van der Waals surface area contributed by atoms with Crippen LogP contribution >= 0.6 is 27.7 Å². The molecule has 1 unspecified atom stereocenters. The van der Waals surface area contributed by atoms with E-state index in [0.717, 1.165) is 4.47 Å². The van der Waals surface area contributed by atoms with Crippen LogP contribution in [0.4, 0.5) is 0 Å². The molecule has 1 aliphatic heterocycles. The van der Waals surface area contributed by atoms with Crippen molar-refractivity contribution in [2.24, 2.45) is 0 Å². The van der Waals surface area contributed by atoms with Crippen molar-refractivity contribution >= 4 is 45.6 Å². The highest BCUT2D eigenvalue weighted by Crippen LogP contribution is 2.36. The Kier molecular flexibility index (Phi) is 6.29. The van der Waals surface area contributed by atoms with Crippen LogP contribution in [0.25, 0.3) is 0 Å². The molecular weight excluding hydrogens is 412 g/mol. The van der Waals surface area contributed by atoms with Gasteiger partial charge in [-0.3, -0.25) is 0 Å². The molecule has 25 heavy (non-hydrogen) atoms. The molecule has 1 aliphatic rings. The highest BCUT2D eigenvalue weighted by Gasteiger charge is 2.41. The zero-order chi connectivity index (χ0) is 18.6. The van der Waals surface area contributed by atoms with Gasteiger partial charge in [0.25, 0.3) is 0 Å². The summed E-state index contributed by atoms with van der Waals surface area (Å²) < 4.78 is 16.1. The number of rotatable bonds is 5. The standard InChI is InChI=1S/C17H17BrO6S/c1-17(9-23-14(19)10-4-6-11(18)7-5-10)8-12(25-3)13(15(20)22-2)16(21)24-17/h4-7H,8-9H2,1-3H3. The van der Waals surface area contributed by atoms with Crippen LogP contribution in [-0.2, 0) is 23.8 Å². The molecule has 0 saturated carbocycles. The third-order valence-corrected chi connectivity index (χ3v) is 4.95. The van der Waals surface area contributed by atoms with Crippen molar-refractivity contribution in [3.8, 4) is 0 Å². The lowest BCUT2D eigenvalue weighted by Gasteiger charge is -2.34. The minimum absolute atomic E-state index is 0.105. The lowest BCUT2D eigenvalue weighted by atomic mass is 9.97. The molecule has 0 saturated heterocycles. The van der Waals surface area contributed by atoms with Crippen LogP contribution in [0.5, 0.6) is 0 Å². The zero-order valence-electron chi connectivity index (χ0n) is 14.0. The van der Waals surface area contributed by atoms with Crippen molar-refractivity contribution in [3.63, 3.8) is 0 Å². The van der Waals surface area contributed by atoms with E-state index in [0.29, 0.717) is 10.5 Å². The van der Waals surface area contributed by atoms with Crippen LogP contribution in [-0.4, -0.2) is 43.5 Å². The Balaban J connectivity index is 2.11. The van der Waals surface area contributed by atoms with Crippen molar-refractivity contribution in [1.29, 1.82) is 0 Å². The summed E-state index contributed by atoms with van der Waals surface area (Å²) in [5.74, 6) is -2.02. The van der Waals surface area contributed by atoms with Crippen LogP contribution in [0.3, 0.4) is 0 Å². The first-order valence-corrected chi connectivity index (χ1v) is 9.33. The molecule has 1 aromatic rings. The van der Waals surface area contributed by atoms with Gasteiger partial charge in [-0.2, -0.15) is 0 Å². The third-order valence-electron chi connectivity index (χ3n) is 3.58. The van der Waals surface area contributed by atoms with Crippen LogP contribution in [0.15, 0.2) is 39.2 Å². The highest BCUT2D eigenvalue weighted by atomic mass is 79.9. The second-order valence-corrected chi connectivity index (χ2v) is 7.41. The van der Waals surface area contributed by atoms with Crippen molar-refractivity contribution in [1.82, 2.24) is 0 Å². The Hall–Kier alpha value is -1.80. The van der Waals surface area contributed by atoms with E-state index in [1.807, 2.05) is 0 Å². The molecule has 134 valence electrons. The van der Waals surface area contributed by atoms with E-state index in [9.17, 15) is 14.4 Å². The SMILES string of the molecule is COC(=O)C1=C(SC)CC(C)(COC(=O)c2ccc(Br)cc2)OC1=O. The number of hydrogen-bond acceptors (Lipinski definition) is 7. The van der Waals surface area contributed by atoms with Crippen LogP contribution < -0.4 is 0 Å². The van der Waals surface area contributed by atoms with Gasteiger partial charge in [0.1, 0.15) is 12.2 Å². The summed E-state index contributed by atoms with van der Waals surface area (Å²) in [7, 11) is 1.20. The summed E-state index contributed by atoms with van der Waals surface area (Å²) in [5, 5.41) is 0. The average Bonchev–Trinajstić information content (AvgIpc) is 2.59. The molecule has 0 spiro atoms. The molecule has 0 bridgehead atoms. The number of esters is 3. The van der Waals surface area contributed by atoms with Crippen LogP contribution in [0.2, 0.25) is 0 Å². The number of hydrogen-bond donors (Lipinski definition) is 0. The minimum atomic E-state index is -1.04. The molecule has 6 nitrogen and oxygen atoms in total. The second-order valence-electron chi connectivity index (χ2n) is 5.59. The number of carbonyl (C=O) groups excluding carboxylic acids is 3. The normalized spacial score (nSPS) is 20.1. The molecule has 1 atom stereocenters. The molecule has 1 aromatic carbocycles. The summed E-state index contributed by atoms with van der Waals surface area (Å²) in [5.41, 5.74) is -0.755. The largest absolute Gasteiger partial charge is 0.465 e. The Morgan fingerprint density at radius 1 is 1.28 bits per heavy atom. The summed E-state index contributed by atoms with van der Waals surface area (Å²) in [6, 6.07) is 6.72. The van der Waals surface area contributed by atoms with Gasteiger partial charge in [0.05, 0.1) is 12.7 Å². The lowest BCUT2D eigenvalue weighted by Crippen LogP contribution is -2.43. The van der Waals surface area contributed by atoms with E-state index in [-0.39, 0.29) is 18.6 Å². The summed E-state index contributed by atoms with van der Waals surface area (Å²) >= 11 is 4.56. The van der Waals surface area contributed by atoms with Crippen molar-refractivity contribution < 1.29 is 28.6 Å². The number of cyclic esters (lactones) is 1. The van der Waals surface area contributed by atoms with Crippen molar-refractivity contribution in [2.45, 2.75) is 18.9 Å². The Bertz CT molecular complexity index is 727. The molecule has 1 heterocycles. The predicted molar refractivity (Wildman–Crippen MR) is 96.1 cm³/mol. The fraction of sp³-hybridized carbons (Fsp3) is 0.353. The van der Waals surface area contributed by atoms with Crippen molar-refractivity contribution in [2.75, 3.05) is 20.0 Å². The Morgan fingerprint density at radius 2 is 1.92 bits per heavy atom. The summed E-state index contributed by atoms with van der Waals surface area (Å²) in [6.07, 6.45) is 2.02. The van der Waals surface area contributed by atoms with Gasteiger partial charge in [0.15, 0.2) is 5.57 Å². The Labute approximate surface area is 158 Å². The van der Waals surface area contributed by atoms with Crippen LogP contribution in [0, 0.1) is 0 Å². The molecule has 0 fully saturated rings.